The molecule has 0 aliphatic heterocycles. The highest BCUT2D eigenvalue weighted by atomic mass is 32.2. The fourth-order valence-corrected chi connectivity index (χ4v) is 7.00. The van der Waals surface area contributed by atoms with Crippen molar-refractivity contribution < 1.29 is 24.2 Å². The van der Waals surface area contributed by atoms with Crippen LogP contribution in [0.5, 0.6) is 0 Å². The zero-order valence-corrected chi connectivity index (χ0v) is 14.9. The van der Waals surface area contributed by atoms with Gasteiger partial charge >= 0.3 is 11.9 Å². The molecule has 4 N–H and O–H groups in total. The summed E-state index contributed by atoms with van der Waals surface area (Å²) in [6.45, 7) is 3.68. The molecule has 5 nitrogen and oxygen atoms in total. The smallest absolute Gasteiger partial charge is 0.324 e. The minimum absolute atomic E-state index is 0.269. The maximum atomic E-state index is 13.5. The van der Waals surface area contributed by atoms with Gasteiger partial charge in [0.25, 0.3) is 0 Å². The topological polar surface area (TPSA) is 101 Å². The van der Waals surface area contributed by atoms with Crippen molar-refractivity contribution >= 4 is 23.7 Å². The average molecular weight is 367 g/mol. The molecule has 0 amide bonds. The van der Waals surface area contributed by atoms with Crippen molar-refractivity contribution in [1.82, 2.24) is 0 Å². The molecule has 2 saturated carbocycles. The first-order valence-electron chi connectivity index (χ1n) is 8.43. The number of nitrogens with two attached hydrogens (primary N) is 1. The van der Waals surface area contributed by atoms with Crippen LogP contribution in [0.4, 0.5) is 4.39 Å². The summed E-state index contributed by atoms with van der Waals surface area (Å²) < 4.78 is 13.5. The molecule has 1 aromatic rings. The molecule has 2 aliphatic rings. The lowest BCUT2D eigenvalue weighted by molar-refractivity contribution is -0.150. The molecule has 7 heteroatoms. The van der Waals surface area contributed by atoms with Gasteiger partial charge in [-0.3, -0.25) is 9.59 Å². The lowest BCUT2D eigenvalue weighted by atomic mass is 9.71. The van der Waals surface area contributed by atoms with Gasteiger partial charge in [-0.05, 0) is 37.0 Å². The lowest BCUT2D eigenvalue weighted by Crippen LogP contribution is -2.60. The molecule has 1 aromatic carbocycles. The van der Waals surface area contributed by atoms with Crippen LogP contribution in [-0.2, 0) is 9.59 Å². The molecule has 0 heterocycles. The lowest BCUT2D eigenvalue weighted by Gasteiger charge is -2.38. The summed E-state index contributed by atoms with van der Waals surface area (Å²) in [7, 11) is 0. The van der Waals surface area contributed by atoms with E-state index in [1.165, 1.54) is 23.9 Å². The minimum Gasteiger partial charge on any atom is -0.481 e. The van der Waals surface area contributed by atoms with E-state index < -0.39 is 28.8 Å². The van der Waals surface area contributed by atoms with Crippen molar-refractivity contribution in [3.63, 3.8) is 0 Å². The van der Waals surface area contributed by atoms with Crippen molar-refractivity contribution in [2.45, 2.75) is 42.4 Å². The first-order valence-corrected chi connectivity index (χ1v) is 9.30. The molecule has 0 spiro atoms. The summed E-state index contributed by atoms with van der Waals surface area (Å²) in [6, 6.07) is 6.08. The fourth-order valence-electron chi connectivity index (χ4n) is 5.23. The van der Waals surface area contributed by atoms with Crippen LogP contribution in [0.1, 0.15) is 26.7 Å². The Hall–Kier alpha value is -1.60. The first-order chi connectivity index (χ1) is 11.8. The zero-order valence-electron chi connectivity index (χ0n) is 14.1. The molecule has 6 unspecified atom stereocenters. The molecule has 0 saturated heterocycles. The average Bonchev–Trinajstić information content (AvgIpc) is 3.19. The number of aliphatic carboxylic acids is 2. The van der Waals surface area contributed by atoms with Crippen LogP contribution in [0.2, 0.25) is 0 Å². The predicted octanol–water partition coefficient (Wildman–Crippen LogP) is 2.84. The van der Waals surface area contributed by atoms with E-state index in [0.29, 0.717) is 17.7 Å². The normalized spacial score (nSPS) is 39.0. The van der Waals surface area contributed by atoms with Gasteiger partial charge in [-0.2, -0.15) is 0 Å². The zero-order chi connectivity index (χ0) is 18.6. The molecule has 3 rings (SSSR count). The van der Waals surface area contributed by atoms with Crippen LogP contribution in [0.15, 0.2) is 29.2 Å². The second-order valence-corrected chi connectivity index (χ2v) is 8.22. The summed E-state index contributed by atoms with van der Waals surface area (Å²) >= 11 is 1.36. The molecule has 6 atom stereocenters. The SMILES string of the molecule is CCC1C(Sc2cccc(F)c2)C2C(C(=O)O)C2(CC)C1(N)C(=O)O. The van der Waals surface area contributed by atoms with E-state index in [-0.39, 0.29) is 22.9 Å². The highest BCUT2D eigenvalue weighted by Gasteiger charge is 2.86. The Kier molecular flexibility index (Phi) is 4.36. The second-order valence-electron chi connectivity index (χ2n) is 6.96. The minimum atomic E-state index is -1.59. The van der Waals surface area contributed by atoms with Crippen LogP contribution in [0.3, 0.4) is 0 Å². The maximum absolute atomic E-state index is 13.5. The molecule has 2 aliphatic carbocycles. The van der Waals surface area contributed by atoms with Gasteiger partial charge in [0.05, 0.1) is 5.92 Å². The predicted molar refractivity (Wildman–Crippen MR) is 91.7 cm³/mol. The third kappa shape index (κ3) is 2.25. The number of fused-ring (bicyclic) bond motifs is 1. The second kappa shape index (κ2) is 5.99. The molecule has 136 valence electrons. The van der Waals surface area contributed by atoms with Gasteiger partial charge in [-0.15, -0.1) is 11.8 Å². The van der Waals surface area contributed by atoms with Crippen LogP contribution in [0.25, 0.3) is 0 Å². The van der Waals surface area contributed by atoms with Gasteiger partial charge in [-0.1, -0.05) is 19.9 Å². The third-order valence-electron chi connectivity index (χ3n) is 6.22. The number of thioether (sulfide) groups is 1. The fraction of sp³-hybridized carbons (Fsp3) is 0.556. The quantitative estimate of drug-likeness (QED) is 0.715. The number of carboxylic acids is 2. The van der Waals surface area contributed by atoms with Gasteiger partial charge in [0.1, 0.15) is 11.4 Å². The molecule has 25 heavy (non-hydrogen) atoms. The number of hydrogen-bond acceptors (Lipinski definition) is 4. The monoisotopic (exact) mass is 367 g/mol. The van der Waals surface area contributed by atoms with E-state index in [9.17, 15) is 24.2 Å². The number of halogens is 1. The standard InChI is InChI=1S/C18H22FNO4S/c1-3-11-14(25-10-7-5-6-9(19)8-10)12-13(15(21)22)17(12,4-2)18(11,20)16(23)24/h5-8,11-14H,3-4,20H2,1-2H3,(H,21,22)(H,23,24). The van der Waals surface area contributed by atoms with Crippen LogP contribution in [0, 0.1) is 29.0 Å². The van der Waals surface area contributed by atoms with E-state index in [0.717, 1.165) is 0 Å². The van der Waals surface area contributed by atoms with E-state index in [1.807, 2.05) is 13.8 Å². The summed E-state index contributed by atoms with van der Waals surface area (Å²) in [5.41, 5.74) is 3.90. The van der Waals surface area contributed by atoms with Crippen LogP contribution in [-0.4, -0.2) is 32.9 Å². The Labute approximate surface area is 149 Å². The van der Waals surface area contributed by atoms with Gasteiger partial charge in [0, 0.05) is 21.5 Å². The molecular formula is C18H22FNO4S. The summed E-state index contributed by atoms with van der Waals surface area (Å²) in [5.74, 6) is -3.99. The maximum Gasteiger partial charge on any atom is 0.324 e. The van der Waals surface area contributed by atoms with Crippen molar-refractivity contribution in [2.24, 2.45) is 28.9 Å². The highest BCUT2D eigenvalue weighted by Crippen LogP contribution is 2.77. The van der Waals surface area contributed by atoms with Crippen LogP contribution < -0.4 is 5.73 Å². The number of hydrogen-bond donors (Lipinski definition) is 3. The molecule has 0 bridgehead atoms. The van der Waals surface area contributed by atoms with E-state index >= 15 is 0 Å². The molecule has 2 fully saturated rings. The van der Waals surface area contributed by atoms with Crippen molar-refractivity contribution in [2.75, 3.05) is 0 Å². The van der Waals surface area contributed by atoms with Gasteiger partial charge in [0.15, 0.2) is 0 Å². The molecular weight excluding hydrogens is 345 g/mol. The Morgan fingerprint density at radius 3 is 2.48 bits per heavy atom. The van der Waals surface area contributed by atoms with Crippen molar-refractivity contribution in [3.8, 4) is 0 Å². The Bertz CT molecular complexity index is 729. The first kappa shape index (κ1) is 18.2. The number of rotatable bonds is 6. The number of benzene rings is 1. The van der Waals surface area contributed by atoms with E-state index in [2.05, 4.69) is 0 Å². The highest BCUT2D eigenvalue weighted by molar-refractivity contribution is 8.00. The van der Waals surface area contributed by atoms with E-state index in [4.69, 9.17) is 5.73 Å². The largest absolute Gasteiger partial charge is 0.481 e. The van der Waals surface area contributed by atoms with Gasteiger partial charge in [-0.25, -0.2) is 4.39 Å². The van der Waals surface area contributed by atoms with Crippen molar-refractivity contribution in [1.29, 1.82) is 0 Å². The van der Waals surface area contributed by atoms with Crippen molar-refractivity contribution in [3.05, 3.63) is 30.1 Å². The van der Waals surface area contributed by atoms with Crippen LogP contribution >= 0.6 is 11.8 Å². The Morgan fingerprint density at radius 1 is 1.32 bits per heavy atom. The summed E-state index contributed by atoms with van der Waals surface area (Å²) in [4.78, 5) is 24.6. The number of carboxylic acid groups (broad SMARTS) is 2. The van der Waals surface area contributed by atoms with E-state index in [1.54, 1.807) is 12.1 Å². The Balaban J connectivity index is 2.06. The molecule has 0 radical (unpaired) electrons. The van der Waals surface area contributed by atoms with Gasteiger partial charge in [0.2, 0.25) is 0 Å². The van der Waals surface area contributed by atoms with Gasteiger partial charge < -0.3 is 15.9 Å². The molecule has 0 aromatic heterocycles. The Morgan fingerprint density at radius 2 is 2.00 bits per heavy atom. The number of carbonyl (C=O) groups is 2. The summed E-state index contributed by atoms with van der Waals surface area (Å²) in [5, 5.41) is 19.3. The third-order valence-corrected chi connectivity index (χ3v) is 7.64. The summed E-state index contributed by atoms with van der Waals surface area (Å²) in [6.07, 6.45) is 0.925.